The van der Waals surface area contributed by atoms with E-state index in [1.165, 1.54) is 38.9 Å². The highest BCUT2D eigenvalue weighted by molar-refractivity contribution is 6.09. The maximum absolute atomic E-state index is 6.73. The largest absolute Gasteiger partial charge is 0.457 e. The van der Waals surface area contributed by atoms with Gasteiger partial charge in [-0.25, -0.2) is 4.98 Å². The quantitative estimate of drug-likeness (QED) is 0.154. The lowest BCUT2D eigenvalue weighted by atomic mass is 9.75. The van der Waals surface area contributed by atoms with Crippen LogP contribution in [0.5, 0.6) is 11.5 Å². The number of benzene rings is 6. The Labute approximate surface area is 355 Å². The predicted molar refractivity (Wildman–Crippen MR) is 252 cm³/mol. The zero-order chi connectivity index (χ0) is 41.8. The summed E-state index contributed by atoms with van der Waals surface area (Å²) in [6.07, 6.45) is 4.20. The van der Waals surface area contributed by atoms with E-state index in [2.05, 4.69) is 228 Å². The van der Waals surface area contributed by atoms with Crippen molar-refractivity contribution in [2.24, 2.45) is 0 Å². The summed E-state index contributed by atoms with van der Waals surface area (Å²) in [6, 6.07) is 56.5. The normalized spacial score (nSPS) is 13.6. The molecule has 300 valence electrons. The van der Waals surface area contributed by atoms with E-state index in [1.54, 1.807) is 0 Å². The number of pyridine rings is 1. The van der Waals surface area contributed by atoms with Gasteiger partial charge in [0.2, 0.25) is 0 Å². The summed E-state index contributed by atoms with van der Waals surface area (Å²) >= 11 is 0. The number of rotatable bonds is 8. The fourth-order valence-electron chi connectivity index (χ4n) is 8.41. The molecule has 9 rings (SSSR count). The first-order valence-electron chi connectivity index (χ1n) is 21.1. The molecule has 2 aromatic heterocycles. The lowest BCUT2D eigenvalue weighted by Crippen LogP contribution is -2.28. The van der Waals surface area contributed by atoms with Crippen molar-refractivity contribution in [3.05, 3.63) is 198 Å². The Morgan fingerprint density at radius 1 is 0.500 bits per heavy atom. The number of nitrogens with zero attached hydrogens (tertiary/aromatic N) is 4. The number of hydrogen-bond acceptors (Lipinski definition) is 4. The van der Waals surface area contributed by atoms with E-state index >= 15 is 0 Å². The number of para-hydroxylation sites is 1. The van der Waals surface area contributed by atoms with Gasteiger partial charge in [0.25, 0.3) is 0 Å². The molecule has 5 nitrogen and oxygen atoms in total. The number of anilines is 2. The smallest absolute Gasteiger partial charge is 0.137 e. The topological polar surface area (TPSA) is 33.5 Å². The van der Waals surface area contributed by atoms with Crippen LogP contribution in [0, 0.1) is 0 Å². The molecule has 1 aliphatic heterocycles. The van der Waals surface area contributed by atoms with Crippen molar-refractivity contribution in [3.8, 4) is 17.3 Å². The SMILES string of the molecule is CC(C)(C)c1cc(N2CN(c3cccc(Oc4ccc5c6ccccc6n(-c6cc(C(C)(C)C)ccn6)c5c4)c3)C=C2c2ccccc2)cc(C(C)(C)c2ccccc2)c1. The van der Waals surface area contributed by atoms with Crippen molar-refractivity contribution in [1.82, 2.24) is 9.55 Å². The van der Waals surface area contributed by atoms with Gasteiger partial charge in [-0.3, -0.25) is 4.57 Å². The molecule has 3 heterocycles. The molecule has 0 bridgehead atoms. The standard InChI is InChI=1S/C55H54N4O/c1-53(2,3)40-28-29-56-52(33-40)59-49-25-16-15-24-47(49)48-27-26-46(35-50(48)59)60-45-23-17-22-43(34-45)57-36-51(38-18-11-9-12-19-38)58(37-57)44-31-41(54(4,5)6)30-42(32-44)55(7,8)39-20-13-10-14-21-39/h9-36H,37H2,1-8H3. The third-order valence-electron chi connectivity index (χ3n) is 12.1. The summed E-state index contributed by atoms with van der Waals surface area (Å²) in [7, 11) is 0. The Kier molecular flexibility index (Phi) is 9.66. The second-order valence-corrected chi connectivity index (χ2v) is 18.7. The number of ether oxygens (including phenoxy) is 1. The molecular formula is C55H54N4O. The minimum atomic E-state index is -0.191. The Hall–Kier alpha value is -6.59. The van der Waals surface area contributed by atoms with Gasteiger partial charge in [0, 0.05) is 52.1 Å². The van der Waals surface area contributed by atoms with Gasteiger partial charge in [0.1, 0.15) is 17.3 Å². The van der Waals surface area contributed by atoms with Crippen LogP contribution in [-0.4, -0.2) is 16.2 Å². The van der Waals surface area contributed by atoms with Crippen molar-refractivity contribution in [2.45, 2.75) is 71.6 Å². The summed E-state index contributed by atoms with van der Waals surface area (Å²) < 4.78 is 8.99. The first-order chi connectivity index (χ1) is 28.7. The van der Waals surface area contributed by atoms with Crippen LogP contribution in [0.3, 0.4) is 0 Å². The fraction of sp³-hybridized carbons (Fsp3) is 0.218. The van der Waals surface area contributed by atoms with E-state index in [0.29, 0.717) is 6.67 Å². The van der Waals surface area contributed by atoms with Gasteiger partial charge in [-0.15, -0.1) is 0 Å². The van der Waals surface area contributed by atoms with Crippen molar-refractivity contribution in [2.75, 3.05) is 16.5 Å². The summed E-state index contributed by atoms with van der Waals surface area (Å²) in [6.45, 7) is 19.0. The Balaban J connectivity index is 1.08. The van der Waals surface area contributed by atoms with E-state index in [4.69, 9.17) is 9.72 Å². The lowest BCUT2D eigenvalue weighted by molar-refractivity contribution is 0.483. The monoisotopic (exact) mass is 786 g/mol. The predicted octanol–water partition coefficient (Wildman–Crippen LogP) is 14.2. The highest BCUT2D eigenvalue weighted by Crippen LogP contribution is 2.42. The molecule has 0 N–H and O–H groups in total. The van der Waals surface area contributed by atoms with Crippen LogP contribution >= 0.6 is 0 Å². The molecule has 0 aliphatic carbocycles. The average Bonchev–Trinajstić information content (AvgIpc) is 3.84. The van der Waals surface area contributed by atoms with Gasteiger partial charge < -0.3 is 14.5 Å². The maximum Gasteiger partial charge on any atom is 0.137 e. The van der Waals surface area contributed by atoms with Gasteiger partial charge in [0.05, 0.1) is 23.4 Å². The molecule has 0 fully saturated rings. The van der Waals surface area contributed by atoms with Crippen molar-refractivity contribution < 1.29 is 4.74 Å². The molecule has 0 atom stereocenters. The van der Waals surface area contributed by atoms with Crippen LogP contribution in [-0.2, 0) is 16.2 Å². The molecule has 60 heavy (non-hydrogen) atoms. The van der Waals surface area contributed by atoms with Crippen LogP contribution in [0.25, 0.3) is 33.3 Å². The lowest BCUT2D eigenvalue weighted by Gasteiger charge is -2.32. The number of fused-ring (bicyclic) bond motifs is 3. The van der Waals surface area contributed by atoms with Crippen LogP contribution in [0.2, 0.25) is 0 Å². The molecule has 0 saturated carbocycles. The first kappa shape index (κ1) is 38.9. The highest BCUT2D eigenvalue weighted by atomic mass is 16.5. The van der Waals surface area contributed by atoms with Gasteiger partial charge >= 0.3 is 0 Å². The van der Waals surface area contributed by atoms with Crippen LogP contribution in [0.4, 0.5) is 11.4 Å². The molecule has 6 aromatic carbocycles. The van der Waals surface area contributed by atoms with Gasteiger partial charge in [0.15, 0.2) is 0 Å². The average molecular weight is 787 g/mol. The molecule has 8 aromatic rings. The summed E-state index contributed by atoms with van der Waals surface area (Å²) in [5, 5.41) is 2.35. The summed E-state index contributed by atoms with van der Waals surface area (Å²) in [5.41, 5.74) is 11.7. The molecule has 0 spiro atoms. The van der Waals surface area contributed by atoms with Crippen molar-refractivity contribution in [3.63, 3.8) is 0 Å². The summed E-state index contributed by atoms with van der Waals surface area (Å²) in [4.78, 5) is 9.66. The van der Waals surface area contributed by atoms with E-state index in [-0.39, 0.29) is 16.2 Å². The minimum Gasteiger partial charge on any atom is -0.457 e. The number of aromatic nitrogens is 2. The Morgan fingerprint density at radius 3 is 1.92 bits per heavy atom. The molecule has 0 saturated heterocycles. The van der Waals surface area contributed by atoms with Gasteiger partial charge in [-0.1, -0.05) is 146 Å². The zero-order valence-electron chi connectivity index (χ0n) is 36.1. The zero-order valence-corrected chi connectivity index (χ0v) is 36.1. The van der Waals surface area contributed by atoms with Crippen molar-refractivity contribution >= 4 is 38.9 Å². The van der Waals surface area contributed by atoms with Crippen LogP contribution in [0.1, 0.15) is 83.2 Å². The van der Waals surface area contributed by atoms with Gasteiger partial charge in [-0.05, 0) is 93.2 Å². The minimum absolute atomic E-state index is 0.00214. The highest BCUT2D eigenvalue weighted by Gasteiger charge is 2.30. The van der Waals surface area contributed by atoms with E-state index in [0.717, 1.165) is 45.1 Å². The molecule has 0 amide bonds. The number of hydrogen-bond donors (Lipinski definition) is 0. The van der Waals surface area contributed by atoms with E-state index in [1.807, 2.05) is 12.3 Å². The molecule has 1 aliphatic rings. The summed E-state index contributed by atoms with van der Waals surface area (Å²) in [5.74, 6) is 2.44. The van der Waals surface area contributed by atoms with Gasteiger partial charge in [-0.2, -0.15) is 0 Å². The third-order valence-corrected chi connectivity index (χ3v) is 12.1. The molecule has 0 unspecified atom stereocenters. The second kappa shape index (κ2) is 14.9. The second-order valence-electron chi connectivity index (χ2n) is 18.7. The Morgan fingerprint density at radius 2 is 1.17 bits per heavy atom. The molecule has 0 radical (unpaired) electrons. The van der Waals surface area contributed by atoms with E-state index < -0.39 is 0 Å². The third kappa shape index (κ3) is 7.34. The van der Waals surface area contributed by atoms with Crippen LogP contribution < -0.4 is 14.5 Å². The van der Waals surface area contributed by atoms with Crippen LogP contribution in [0.15, 0.2) is 170 Å². The fourth-order valence-corrected chi connectivity index (χ4v) is 8.41. The van der Waals surface area contributed by atoms with E-state index in [9.17, 15) is 0 Å². The molecule has 5 heteroatoms. The molecular weight excluding hydrogens is 733 g/mol. The maximum atomic E-state index is 6.73. The van der Waals surface area contributed by atoms with Crippen molar-refractivity contribution in [1.29, 1.82) is 0 Å². The Bertz CT molecular complexity index is 2870. The first-order valence-corrected chi connectivity index (χ1v) is 21.1.